The number of rotatable bonds is 5. The Labute approximate surface area is 121 Å². The normalized spacial score (nSPS) is 12.4. The van der Waals surface area contributed by atoms with E-state index in [1.165, 1.54) is 0 Å². The number of nitrogens with two attached hydrogens (primary N) is 1. The van der Waals surface area contributed by atoms with E-state index in [-0.39, 0.29) is 12.7 Å². The van der Waals surface area contributed by atoms with Crippen molar-refractivity contribution in [2.24, 2.45) is 0 Å². The summed E-state index contributed by atoms with van der Waals surface area (Å²) in [5.41, 5.74) is 7.24. The Morgan fingerprint density at radius 1 is 1.14 bits per heavy atom. The van der Waals surface area contributed by atoms with E-state index in [0.717, 1.165) is 11.3 Å². The van der Waals surface area contributed by atoms with Crippen LogP contribution in [0.2, 0.25) is 0 Å². The molecule has 0 fully saturated rings. The van der Waals surface area contributed by atoms with Crippen molar-refractivity contribution in [2.75, 3.05) is 32.9 Å². The number of fused-ring (bicyclic) bond motifs is 1. The van der Waals surface area contributed by atoms with Crippen LogP contribution >= 0.6 is 0 Å². The fourth-order valence-corrected chi connectivity index (χ4v) is 1.95. The molecule has 21 heavy (non-hydrogen) atoms. The van der Waals surface area contributed by atoms with Gasteiger partial charge in [-0.05, 0) is 18.2 Å². The van der Waals surface area contributed by atoms with Crippen LogP contribution in [0.25, 0.3) is 11.3 Å². The molecule has 0 saturated heterocycles. The van der Waals surface area contributed by atoms with Gasteiger partial charge in [0.05, 0.1) is 12.3 Å². The number of benzene rings is 1. The molecule has 2 N–H and O–H groups in total. The van der Waals surface area contributed by atoms with E-state index in [1.54, 1.807) is 13.2 Å². The Kier molecular flexibility index (Phi) is 3.74. The van der Waals surface area contributed by atoms with Gasteiger partial charge in [0.15, 0.2) is 11.5 Å². The third-order valence-electron chi connectivity index (χ3n) is 2.93. The summed E-state index contributed by atoms with van der Waals surface area (Å²) >= 11 is 0. The second kappa shape index (κ2) is 5.84. The minimum Gasteiger partial charge on any atom is -0.475 e. The largest absolute Gasteiger partial charge is 0.475 e. The Morgan fingerprint density at radius 3 is 2.86 bits per heavy atom. The lowest BCUT2D eigenvalue weighted by Gasteiger charge is -2.08. The van der Waals surface area contributed by atoms with Crippen LogP contribution in [0, 0.1) is 0 Å². The van der Waals surface area contributed by atoms with Gasteiger partial charge >= 0.3 is 0 Å². The van der Waals surface area contributed by atoms with Crippen LogP contribution in [0.3, 0.4) is 0 Å². The van der Waals surface area contributed by atoms with Crippen LogP contribution in [0.1, 0.15) is 0 Å². The molecule has 0 spiro atoms. The minimum atomic E-state index is 0.151. The maximum Gasteiger partial charge on any atom is 0.231 e. The number of aromatic nitrogens is 2. The molecule has 0 radical (unpaired) electrons. The number of methoxy groups -OCH3 is 1. The van der Waals surface area contributed by atoms with Gasteiger partial charge in [-0.15, -0.1) is 0 Å². The summed E-state index contributed by atoms with van der Waals surface area (Å²) in [4.78, 5) is 8.25. The quantitative estimate of drug-likeness (QED) is 0.834. The maximum atomic E-state index is 5.72. The smallest absolute Gasteiger partial charge is 0.231 e. The van der Waals surface area contributed by atoms with Crippen molar-refractivity contribution in [1.82, 2.24) is 9.97 Å². The Morgan fingerprint density at radius 2 is 2.00 bits per heavy atom. The van der Waals surface area contributed by atoms with Crippen molar-refractivity contribution >= 4 is 5.95 Å². The molecule has 110 valence electrons. The van der Waals surface area contributed by atoms with E-state index in [0.29, 0.717) is 30.5 Å². The third-order valence-corrected chi connectivity index (χ3v) is 2.93. The average molecular weight is 289 g/mol. The van der Waals surface area contributed by atoms with Gasteiger partial charge in [-0.2, -0.15) is 4.98 Å². The highest BCUT2D eigenvalue weighted by Gasteiger charge is 2.15. The minimum absolute atomic E-state index is 0.151. The van der Waals surface area contributed by atoms with Gasteiger partial charge in [0, 0.05) is 18.7 Å². The number of ether oxygens (including phenoxy) is 4. The van der Waals surface area contributed by atoms with E-state index in [2.05, 4.69) is 9.97 Å². The van der Waals surface area contributed by atoms with Crippen LogP contribution < -0.4 is 19.9 Å². The zero-order valence-corrected chi connectivity index (χ0v) is 11.5. The second-order valence-corrected chi connectivity index (χ2v) is 4.36. The first-order valence-electron chi connectivity index (χ1n) is 6.42. The Bertz CT molecular complexity index is 648. The molecular weight excluding hydrogens is 274 g/mol. The van der Waals surface area contributed by atoms with Crippen LogP contribution in [0.15, 0.2) is 24.3 Å². The molecule has 0 saturated carbocycles. The van der Waals surface area contributed by atoms with Crippen molar-refractivity contribution in [2.45, 2.75) is 0 Å². The van der Waals surface area contributed by atoms with Crippen molar-refractivity contribution in [3.63, 3.8) is 0 Å². The second-order valence-electron chi connectivity index (χ2n) is 4.36. The summed E-state index contributed by atoms with van der Waals surface area (Å²) in [5.74, 6) is 1.97. The molecule has 2 heterocycles. The Balaban J connectivity index is 1.87. The average Bonchev–Trinajstić information content (AvgIpc) is 2.94. The first-order chi connectivity index (χ1) is 10.3. The van der Waals surface area contributed by atoms with Crippen LogP contribution in [0.4, 0.5) is 5.95 Å². The molecule has 7 heteroatoms. The molecule has 1 aromatic carbocycles. The predicted molar refractivity (Wildman–Crippen MR) is 75.4 cm³/mol. The SMILES string of the molecule is COCCOc1cc(-c2ccc3c(c2)OCO3)nc(N)n1. The highest BCUT2D eigenvalue weighted by Crippen LogP contribution is 2.35. The van der Waals surface area contributed by atoms with Gasteiger partial charge in [-0.1, -0.05) is 0 Å². The number of hydrogen-bond donors (Lipinski definition) is 1. The zero-order chi connectivity index (χ0) is 14.7. The molecule has 1 aliphatic heterocycles. The third kappa shape index (κ3) is 2.97. The van der Waals surface area contributed by atoms with Gasteiger partial charge in [0.25, 0.3) is 0 Å². The van der Waals surface area contributed by atoms with Gasteiger partial charge in [0.1, 0.15) is 6.61 Å². The van der Waals surface area contributed by atoms with Crippen LogP contribution in [-0.4, -0.2) is 37.1 Å². The summed E-state index contributed by atoms with van der Waals surface area (Å²) < 4.78 is 21.0. The van der Waals surface area contributed by atoms with Gasteiger partial charge < -0.3 is 24.7 Å². The number of anilines is 1. The fourth-order valence-electron chi connectivity index (χ4n) is 1.95. The molecule has 0 amide bonds. The highest BCUT2D eigenvalue weighted by molar-refractivity contribution is 5.65. The zero-order valence-electron chi connectivity index (χ0n) is 11.5. The highest BCUT2D eigenvalue weighted by atomic mass is 16.7. The van der Waals surface area contributed by atoms with Crippen LogP contribution in [-0.2, 0) is 4.74 Å². The van der Waals surface area contributed by atoms with Crippen LogP contribution in [0.5, 0.6) is 17.4 Å². The van der Waals surface area contributed by atoms with E-state index in [9.17, 15) is 0 Å². The lowest BCUT2D eigenvalue weighted by atomic mass is 10.1. The molecule has 0 unspecified atom stereocenters. The number of hydrogen-bond acceptors (Lipinski definition) is 7. The van der Waals surface area contributed by atoms with Gasteiger partial charge in [0.2, 0.25) is 18.6 Å². The molecule has 3 rings (SSSR count). The maximum absolute atomic E-state index is 5.72. The summed E-state index contributed by atoms with van der Waals surface area (Å²) in [7, 11) is 1.61. The van der Waals surface area contributed by atoms with Crippen molar-refractivity contribution in [1.29, 1.82) is 0 Å². The molecular formula is C14H15N3O4. The molecule has 1 aromatic heterocycles. The summed E-state index contributed by atoms with van der Waals surface area (Å²) in [6.07, 6.45) is 0. The van der Waals surface area contributed by atoms with Gasteiger partial charge in [-0.25, -0.2) is 4.98 Å². The standard InChI is InChI=1S/C14H15N3O4/c1-18-4-5-19-13-7-10(16-14(15)17-13)9-2-3-11-12(6-9)21-8-20-11/h2-3,6-7H,4-5,8H2,1H3,(H2,15,16,17). The van der Waals surface area contributed by atoms with E-state index in [1.807, 2.05) is 18.2 Å². The fraction of sp³-hybridized carbons (Fsp3) is 0.286. The first-order valence-corrected chi connectivity index (χ1v) is 6.42. The predicted octanol–water partition coefficient (Wildman–Crippen LogP) is 1.48. The topological polar surface area (TPSA) is 88.7 Å². The van der Waals surface area contributed by atoms with Crippen molar-refractivity contribution in [3.8, 4) is 28.6 Å². The summed E-state index contributed by atoms with van der Waals surface area (Å²) in [6, 6.07) is 7.29. The van der Waals surface area contributed by atoms with Crippen molar-refractivity contribution in [3.05, 3.63) is 24.3 Å². The Hall–Kier alpha value is -2.54. The molecule has 1 aliphatic rings. The number of nitrogens with zero attached hydrogens (tertiary/aromatic N) is 2. The molecule has 0 bridgehead atoms. The first kappa shape index (κ1) is 13.4. The lowest BCUT2D eigenvalue weighted by molar-refractivity contribution is 0.144. The van der Waals surface area contributed by atoms with E-state index >= 15 is 0 Å². The summed E-state index contributed by atoms with van der Waals surface area (Å²) in [6.45, 7) is 1.10. The monoisotopic (exact) mass is 289 g/mol. The summed E-state index contributed by atoms with van der Waals surface area (Å²) in [5, 5.41) is 0. The van der Waals surface area contributed by atoms with E-state index in [4.69, 9.17) is 24.7 Å². The number of nitrogen functional groups attached to an aromatic ring is 1. The lowest BCUT2D eigenvalue weighted by Crippen LogP contribution is -2.07. The molecule has 2 aromatic rings. The van der Waals surface area contributed by atoms with Crippen molar-refractivity contribution < 1.29 is 18.9 Å². The molecule has 0 aliphatic carbocycles. The molecule has 7 nitrogen and oxygen atoms in total. The van der Waals surface area contributed by atoms with E-state index < -0.39 is 0 Å². The molecule has 0 atom stereocenters. The van der Waals surface area contributed by atoms with Gasteiger partial charge in [-0.3, -0.25) is 0 Å².